The largest absolute Gasteiger partial charge is 0.421 e. The molecular formula is C22H25F3N6O3S. The van der Waals surface area contributed by atoms with Crippen molar-refractivity contribution in [3.05, 3.63) is 65.6 Å². The van der Waals surface area contributed by atoms with Gasteiger partial charge in [0.2, 0.25) is 16.0 Å². The van der Waals surface area contributed by atoms with Crippen LogP contribution in [0.5, 0.6) is 0 Å². The lowest BCUT2D eigenvalue weighted by molar-refractivity contribution is -0.137. The minimum Gasteiger partial charge on any atom is -0.386 e. The van der Waals surface area contributed by atoms with E-state index in [1.54, 1.807) is 38.1 Å². The lowest BCUT2D eigenvalue weighted by Crippen LogP contribution is -2.26. The molecule has 188 valence electrons. The van der Waals surface area contributed by atoms with Crippen molar-refractivity contribution in [3.63, 3.8) is 0 Å². The van der Waals surface area contributed by atoms with Gasteiger partial charge in [0.05, 0.1) is 29.8 Å². The Kier molecular flexibility index (Phi) is 7.22. The first-order valence-electron chi connectivity index (χ1n) is 10.3. The number of hydrogen-bond acceptors (Lipinski definition) is 8. The van der Waals surface area contributed by atoms with Crippen molar-refractivity contribution in [2.24, 2.45) is 0 Å². The molecule has 0 aliphatic heterocycles. The monoisotopic (exact) mass is 510 g/mol. The summed E-state index contributed by atoms with van der Waals surface area (Å²) in [6.45, 7) is 3.04. The van der Waals surface area contributed by atoms with Gasteiger partial charge >= 0.3 is 6.18 Å². The van der Waals surface area contributed by atoms with Gasteiger partial charge in [-0.1, -0.05) is 12.1 Å². The van der Waals surface area contributed by atoms with Crippen molar-refractivity contribution in [1.29, 1.82) is 0 Å². The number of rotatable bonds is 8. The van der Waals surface area contributed by atoms with Gasteiger partial charge in [-0.3, -0.25) is 9.29 Å². The molecule has 0 spiro atoms. The van der Waals surface area contributed by atoms with Crippen LogP contribution in [0.3, 0.4) is 0 Å². The van der Waals surface area contributed by atoms with Crippen molar-refractivity contribution in [2.45, 2.75) is 32.2 Å². The number of nitrogens with one attached hydrogen (secondary N) is 2. The molecule has 0 saturated carbocycles. The molecule has 1 aromatic carbocycles. The van der Waals surface area contributed by atoms with Crippen LogP contribution in [-0.2, 0) is 28.3 Å². The van der Waals surface area contributed by atoms with Gasteiger partial charge < -0.3 is 15.7 Å². The van der Waals surface area contributed by atoms with E-state index in [0.717, 1.165) is 10.6 Å². The number of aliphatic hydroxyl groups is 1. The van der Waals surface area contributed by atoms with E-state index in [2.05, 4.69) is 25.6 Å². The maximum absolute atomic E-state index is 13.6. The normalized spacial score (nSPS) is 12.3. The molecule has 2 heterocycles. The van der Waals surface area contributed by atoms with Gasteiger partial charge in [0.1, 0.15) is 11.4 Å². The second-order valence-electron chi connectivity index (χ2n) is 8.27. The van der Waals surface area contributed by atoms with Gasteiger partial charge in [0.25, 0.3) is 0 Å². The van der Waals surface area contributed by atoms with Crippen molar-refractivity contribution in [2.75, 3.05) is 28.2 Å². The molecule has 9 nitrogen and oxygen atoms in total. The quantitative estimate of drug-likeness (QED) is 0.418. The molecule has 3 N–H and O–H groups in total. The highest BCUT2D eigenvalue weighted by Gasteiger charge is 2.35. The Morgan fingerprint density at radius 2 is 1.74 bits per heavy atom. The lowest BCUT2D eigenvalue weighted by Gasteiger charge is -2.20. The third-order valence-electron chi connectivity index (χ3n) is 5.07. The summed E-state index contributed by atoms with van der Waals surface area (Å²) in [5.74, 6) is -0.590. The smallest absolute Gasteiger partial charge is 0.386 e. The number of anilines is 4. The molecule has 0 saturated heterocycles. The van der Waals surface area contributed by atoms with Gasteiger partial charge in [-0.05, 0) is 43.7 Å². The van der Waals surface area contributed by atoms with E-state index in [4.69, 9.17) is 0 Å². The molecule has 2 aromatic heterocycles. The van der Waals surface area contributed by atoms with E-state index in [1.165, 1.54) is 25.4 Å². The summed E-state index contributed by atoms with van der Waals surface area (Å²) in [7, 11) is -2.29. The zero-order valence-corrected chi connectivity index (χ0v) is 20.2. The average Bonchev–Trinajstić information content (AvgIpc) is 2.76. The summed E-state index contributed by atoms with van der Waals surface area (Å²) in [4.78, 5) is 11.9. The lowest BCUT2D eigenvalue weighted by atomic mass is 9.98. The summed E-state index contributed by atoms with van der Waals surface area (Å²) in [5.41, 5.74) is -0.543. The van der Waals surface area contributed by atoms with Crippen LogP contribution in [0.15, 0.2) is 48.8 Å². The Labute approximate surface area is 201 Å². The molecule has 35 heavy (non-hydrogen) atoms. The SMILES string of the molecule is CN(c1cccnc1CNc1nc(Nc2ccc(C(C)(C)O)cc2)ncc1C(F)(F)F)S(C)(=O)=O. The maximum Gasteiger partial charge on any atom is 0.421 e. The summed E-state index contributed by atoms with van der Waals surface area (Å²) in [6, 6.07) is 9.65. The van der Waals surface area contributed by atoms with Gasteiger partial charge in [-0.25, -0.2) is 13.4 Å². The van der Waals surface area contributed by atoms with Crippen molar-refractivity contribution in [1.82, 2.24) is 15.0 Å². The molecule has 3 aromatic rings. The Balaban J connectivity index is 1.89. The van der Waals surface area contributed by atoms with Gasteiger partial charge in [0, 0.05) is 25.1 Å². The van der Waals surface area contributed by atoms with Crippen LogP contribution >= 0.6 is 0 Å². The summed E-state index contributed by atoms with van der Waals surface area (Å²) in [6.07, 6.45) is -1.66. The van der Waals surface area contributed by atoms with Crippen LogP contribution in [0, 0.1) is 0 Å². The van der Waals surface area contributed by atoms with Gasteiger partial charge in [0.15, 0.2) is 0 Å². The molecule has 13 heteroatoms. The highest BCUT2D eigenvalue weighted by atomic mass is 32.2. The van der Waals surface area contributed by atoms with E-state index in [-0.39, 0.29) is 23.9 Å². The first-order chi connectivity index (χ1) is 16.2. The molecule has 0 aliphatic carbocycles. The molecule has 0 fully saturated rings. The Morgan fingerprint density at radius 1 is 1.09 bits per heavy atom. The predicted molar refractivity (Wildman–Crippen MR) is 127 cm³/mol. The number of benzene rings is 1. The van der Waals surface area contributed by atoms with Crippen LogP contribution < -0.4 is 14.9 Å². The van der Waals surface area contributed by atoms with E-state index < -0.39 is 33.2 Å². The molecule has 0 unspecified atom stereocenters. The number of aromatic nitrogens is 3. The molecule has 0 aliphatic rings. The first kappa shape index (κ1) is 26.2. The standard InChI is InChI=1S/C22H25F3N6O3S/c1-21(2,32)14-7-9-15(10-8-14)29-20-28-12-16(22(23,24)25)19(30-20)27-13-17-18(6-5-11-26-17)31(3)35(4,33)34/h5-12,32H,13H2,1-4H3,(H2,27,28,29,30). The Hall–Kier alpha value is -3.45. The fraction of sp³-hybridized carbons (Fsp3) is 0.318. The summed E-state index contributed by atoms with van der Waals surface area (Å²) >= 11 is 0. The van der Waals surface area contributed by atoms with E-state index in [9.17, 15) is 26.7 Å². The van der Waals surface area contributed by atoms with Crippen LogP contribution in [0.2, 0.25) is 0 Å². The number of sulfonamides is 1. The molecule has 0 amide bonds. The number of nitrogens with zero attached hydrogens (tertiary/aromatic N) is 4. The van der Waals surface area contributed by atoms with Crippen LogP contribution in [0.4, 0.5) is 36.3 Å². The Morgan fingerprint density at radius 3 is 2.31 bits per heavy atom. The zero-order valence-electron chi connectivity index (χ0n) is 19.4. The van der Waals surface area contributed by atoms with Crippen molar-refractivity contribution in [3.8, 4) is 0 Å². The van der Waals surface area contributed by atoms with E-state index >= 15 is 0 Å². The fourth-order valence-electron chi connectivity index (χ4n) is 3.07. The van der Waals surface area contributed by atoms with Crippen molar-refractivity contribution < 1.29 is 26.7 Å². The minimum absolute atomic E-state index is 0.0917. The van der Waals surface area contributed by atoms with Crippen LogP contribution in [-0.4, -0.2) is 41.8 Å². The van der Waals surface area contributed by atoms with Crippen LogP contribution in [0.25, 0.3) is 0 Å². The fourth-order valence-corrected chi connectivity index (χ4v) is 3.60. The number of pyridine rings is 1. The second-order valence-corrected chi connectivity index (χ2v) is 10.3. The molecular weight excluding hydrogens is 485 g/mol. The third kappa shape index (κ3) is 6.57. The molecule has 0 atom stereocenters. The maximum atomic E-state index is 13.6. The molecule has 3 rings (SSSR count). The number of alkyl halides is 3. The second kappa shape index (κ2) is 9.66. The predicted octanol–water partition coefficient (Wildman–Crippen LogP) is 3.87. The van der Waals surface area contributed by atoms with E-state index in [1.807, 2.05) is 0 Å². The van der Waals surface area contributed by atoms with Crippen molar-refractivity contribution >= 4 is 33.2 Å². The van der Waals surface area contributed by atoms with Gasteiger partial charge in [-0.2, -0.15) is 18.2 Å². The summed E-state index contributed by atoms with van der Waals surface area (Å²) in [5, 5.41) is 15.5. The molecule has 0 radical (unpaired) electrons. The van der Waals surface area contributed by atoms with Gasteiger partial charge in [-0.15, -0.1) is 0 Å². The third-order valence-corrected chi connectivity index (χ3v) is 6.26. The van der Waals surface area contributed by atoms with Crippen LogP contribution in [0.1, 0.15) is 30.7 Å². The molecule has 0 bridgehead atoms. The highest BCUT2D eigenvalue weighted by Crippen LogP contribution is 2.34. The first-order valence-corrected chi connectivity index (χ1v) is 12.2. The number of hydrogen-bond donors (Lipinski definition) is 3. The van der Waals surface area contributed by atoms with E-state index in [0.29, 0.717) is 17.4 Å². The number of halogens is 3. The minimum atomic E-state index is -4.73. The highest BCUT2D eigenvalue weighted by molar-refractivity contribution is 7.92. The Bertz CT molecular complexity index is 1290. The summed E-state index contributed by atoms with van der Waals surface area (Å²) < 4.78 is 65.6. The average molecular weight is 511 g/mol. The zero-order chi connectivity index (χ0) is 26.0. The topological polar surface area (TPSA) is 120 Å².